The van der Waals surface area contributed by atoms with Gasteiger partial charge in [0.1, 0.15) is 24.6 Å². The highest BCUT2D eigenvalue weighted by atomic mass is 35.5. The van der Waals surface area contributed by atoms with Gasteiger partial charge in [-0.1, -0.05) is 23.7 Å². The highest BCUT2D eigenvalue weighted by Gasteiger charge is 2.34. The van der Waals surface area contributed by atoms with Crippen LogP contribution < -0.4 is 14.2 Å². The molecule has 0 saturated carbocycles. The van der Waals surface area contributed by atoms with Gasteiger partial charge in [0, 0.05) is 25.5 Å². The number of hydrogen-bond donors (Lipinski definition) is 1. The molecule has 1 unspecified atom stereocenters. The molecule has 1 aliphatic rings. The molecule has 0 radical (unpaired) electrons. The summed E-state index contributed by atoms with van der Waals surface area (Å²) in [6, 6.07) is 11.7. The van der Waals surface area contributed by atoms with Gasteiger partial charge >= 0.3 is 0 Å². The van der Waals surface area contributed by atoms with Crippen molar-refractivity contribution < 1.29 is 19.3 Å². The van der Waals surface area contributed by atoms with E-state index in [1.807, 2.05) is 54.1 Å². The Bertz CT molecular complexity index is 1080. The highest BCUT2D eigenvalue weighted by molar-refractivity contribution is 6.32. The van der Waals surface area contributed by atoms with Crippen molar-refractivity contribution in [3.8, 4) is 17.2 Å². The van der Waals surface area contributed by atoms with Crippen LogP contribution in [-0.4, -0.2) is 58.6 Å². The lowest BCUT2D eigenvalue weighted by molar-refractivity contribution is -0.0621. The third-order valence-corrected chi connectivity index (χ3v) is 6.33. The van der Waals surface area contributed by atoms with Crippen molar-refractivity contribution in [3.63, 3.8) is 0 Å². The van der Waals surface area contributed by atoms with Gasteiger partial charge in [0.05, 0.1) is 25.0 Å². The Balaban J connectivity index is 1.33. The maximum Gasteiger partial charge on any atom is 0.161 e. The summed E-state index contributed by atoms with van der Waals surface area (Å²) in [7, 11) is 1.65. The Hall–Kier alpha value is -2.74. The zero-order valence-electron chi connectivity index (χ0n) is 19.7. The Kier molecular flexibility index (Phi) is 7.98. The zero-order chi connectivity index (χ0) is 24.0. The van der Waals surface area contributed by atoms with Crippen LogP contribution in [0.5, 0.6) is 17.2 Å². The molecule has 1 atom stereocenters. The van der Waals surface area contributed by atoms with Gasteiger partial charge in [0.2, 0.25) is 0 Å². The fraction of sp³-hybridized carbons (Fsp3) is 0.423. The molecule has 1 fully saturated rings. The fourth-order valence-electron chi connectivity index (χ4n) is 4.26. The van der Waals surface area contributed by atoms with Gasteiger partial charge in [0.15, 0.2) is 11.5 Å². The average molecular weight is 486 g/mol. The van der Waals surface area contributed by atoms with Crippen molar-refractivity contribution in [3.05, 3.63) is 71.3 Å². The molecule has 8 heteroatoms. The lowest BCUT2D eigenvalue weighted by Crippen LogP contribution is -2.51. The van der Waals surface area contributed by atoms with Gasteiger partial charge in [-0.2, -0.15) is 0 Å². The summed E-state index contributed by atoms with van der Waals surface area (Å²) in [6.45, 7) is 5.59. The van der Waals surface area contributed by atoms with E-state index < -0.39 is 5.60 Å². The van der Waals surface area contributed by atoms with E-state index in [2.05, 4.69) is 9.88 Å². The number of hydrogen-bond acceptors (Lipinski definition) is 6. The molecular weight excluding hydrogens is 454 g/mol. The van der Waals surface area contributed by atoms with Crippen LogP contribution in [-0.2, 0) is 13.1 Å². The number of nitrogens with zero attached hydrogens (tertiary/aromatic N) is 3. The van der Waals surface area contributed by atoms with Gasteiger partial charge in [0.25, 0.3) is 0 Å². The summed E-state index contributed by atoms with van der Waals surface area (Å²) in [5.41, 5.74) is 1.25. The first kappa shape index (κ1) is 24.4. The van der Waals surface area contributed by atoms with Crippen LogP contribution in [0.3, 0.4) is 0 Å². The number of aryl methyl sites for hydroxylation is 1. The molecule has 4 rings (SSSR count). The van der Waals surface area contributed by atoms with E-state index in [1.54, 1.807) is 19.6 Å². The Morgan fingerprint density at radius 2 is 2.00 bits per heavy atom. The predicted molar refractivity (Wildman–Crippen MR) is 132 cm³/mol. The third kappa shape index (κ3) is 6.44. The van der Waals surface area contributed by atoms with Gasteiger partial charge in [-0.15, -0.1) is 0 Å². The molecule has 34 heavy (non-hydrogen) atoms. The number of benzene rings is 2. The number of aliphatic hydroxyl groups is 1. The standard InChI is InChI=1S/C26H32ClN3O4/c1-20-4-6-22(27)24(14-20)34-18-26(31)8-3-10-30(17-26)16-21-5-7-23(25(15-21)32-2)33-13-12-29-11-9-28-19-29/h4-7,9,11,14-15,19,31H,3,8,10,12-13,16-18H2,1-2H3. The molecule has 1 N–H and O–H groups in total. The molecule has 0 amide bonds. The molecule has 7 nitrogen and oxygen atoms in total. The topological polar surface area (TPSA) is 69.0 Å². The Morgan fingerprint density at radius 1 is 1.12 bits per heavy atom. The van der Waals surface area contributed by atoms with Crippen LogP contribution in [0.25, 0.3) is 0 Å². The smallest absolute Gasteiger partial charge is 0.161 e. The normalized spacial score (nSPS) is 18.6. The molecular formula is C26H32ClN3O4. The van der Waals surface area contributed by atoms with Crippen LogP contribution in [0.1, 0.15) is 24.0 Å². The van der Waals surface area contributed by atoms with E-state index in [9.17, 15) is 5.11 Å². The Morgan fingerprint density at radius 3 is 2.79 bits per heavy atom. The molecule has 1 aromatic heterocycles. The largest absolute Gasteiger partial charge is 0.493 e. The summed E-state index contributed by atoms with van der Waals surface area (Å²) in [5, 5.41) is 11.8. The molecule has 182 valence electrons. The van der Waals surface area contributed by atoms with Crippen molar-refractivity contribution in [1.82, 2.24) is 14.5 Å². The minimum absolute atomic E-state index is 0.208. The van der Waals surface area contributed by atoms with Gasteiger partial charge < -0.3 is 23.9 Å². The van der Waals surface area contributed by atoms with Crippen LogP contribution >= 0.6 is 11.6 Å². The number of halogens is 1. The SMILES string of the molecule is COc1cc(CN2CCCC(O)(COc3cc(C)ccc3Cl)C2)ccc1OCCn1ccnc1. The molecule has 1 saturated heterocycles. The summed E-state index contributed by atoms with van der Waals surface area (Å²) in [4.78, 5) is 6.29. The van der Waals surface area contributed by atoms with Crippen molar-refractivity contribution in [2.45, 2.75) is 38.5 Å². The van der Waals surface area contributed by atoms with Gasteiger partial charge in [-0.25, -0.2) is 4.98 Å². The number of rotatable bonds is 10. The molecule has 1 aliphatic heterocycles. The second kappa shape index (κ2) is 11.1. The Labute approximate surface area is 205 Å². The average Bonchev–Trinajstić information content (AvgIpc) is 3.34. The van der Waals surface area contributed by atoms with E-state index >= 15 is 0 Å². The molecule has 0 bridgehead atoms. The summed E-state index contributed by atoms with van der Waals surface area (Å²) < 4.78 is 19.4. The third-order valence-electron chi connectivity index (χ3n) is 6.02. The molecule has 2 aromatic carbocycles. The molecule has 0 aliphatic carbocycles. The van der Waals surface area contributed by atoms with Gasteiger partial charge in [-0.05, 0) is 61.7 Å². The minimum Gasteiger partial charge on any atom is -0.493 e. The molecule has 2 heterocycles. The molecule has 3 aromatic rings. The lowest BCUT2D eigenvalue weighted by atomic mass is 9.93. The summed E-state index contributed by atoms with van der Waals surface area (Å²) in [6.07, 6.45) is 7.02. The maximum atomic E-state index is 11.2. The van der Waals surface area contributed by atoms with Crippen molar-refractivity contribution in [2.75, 3.05) is 33.4 Å². The number of aromatic nitrogens is 2. The van der Waals surface area contributed by atoms with Crippen molar-refractivity contribution in [2.24, 2.45) is 0 Å². The van der Waals surface area contributed by atoms with Crippen molar-refractivity contribution in [1.29, 1.82) is 0 Å². The van der Waals surface area contributed by atoms with Crippen LogP contribution in [0, 0.1) is 6.92 Å². The second-order valence-corrected chi connectivity index (χ2v) is 9.30. The van der Waals surface area contributed by atoms with E-state index in [-0.39, 0.29) is 6.61 Å². The van der Waals surface area contributed by atoms with Crippen LogP contribution in [0.15, 0.2) is 55.1 Å². The summed E-state index contributed by atoms with van der Waals surface area (Å²) >= 11 is 6.25. The van der Waals surface area contributed by atoms with Gasteiger partial charge in [-0.3, -0.25) is 4.90 Å². The molecule has 0 spiro atoms. The monoisotopic (exact) mass is 485 g/mol. The quantitative estimate of drug-likeness (QED) is 0.460. The van der Waals surface area contributed by atoms with E-state index in [1.165, 1.54) is 0 Å². The number of methoxy groups -OCH3 is 1. The van der Waals surface area contributed by atoms with Crippen molar-refractivity contribution >= 4 is 11.6 Å². The first-order chi connectivity index (χ1) is 16.4. The van der Waals surface area contributed by atoms with Crippen LogP contribution in [0.4, 0.5) is 0 Å². The predicted octanol–water partition coefficient (Wildman–Crippen LogP) is 4.34. The highest BCUT2D eigenvalue weighted by Crippen LogP contribution is 2.31. The summed E-state index contributed by atoms with van der Waals surface area (Å²) in [5.74, 6) is 2.03. The first-order valence-electron chi connectivity index (χ1n) is 11.5. The zero-order valence-corrected chi connectivity index (χ0v) is 20.5. The fourth-order valence-corrected chi connectivity index (χ4v) is 4.43. The number of likely N-dealkylation sites (tertiary alicyclic amines) is 1. The van der Waals surface area contributed by atoms with E-state index in [0.717, 1.165) is 24.1 Å². The van der Waals surface area contributed by atoms with E-state index in [0.29, 0.717) is 54.9 Å². The number of imidazole rings is 1. The lowest BCUT2D eigenvalue weighted by Gasteiger charge is -2.39. The number of ether oxygens (including phenoxy) is 3. The first-order valence-corrected chi connectivity index (χ1v) is 11.9. The maximum absolute atomic E-state index is 11.2. The second-order valence-electron chi connectivity index (χ2n) is 8.90. The number of piperidine rings is 1. The minimum atomic E-state index is -0.925. The van der Waals surface area contributed by atoms with E-state index in [4.69, 9.17) is 25.8 Å². The number of β-amino-alcohol motifs (C(OH)–C–C–N with tert-alkyl or cyclic N) is 1. The van der Waals surface area contributed by atoms with Crippen LogP contribution in [0.2, 0.25) is 5.02 Å².